The number of hydrogen-bond donors (Lipinski definition) is 3. The summed E-state index contributed by atoms with van der Waals surface area (Å²) in [5.74, 6) is 0.671. The summed E-state index contributed by atoms with van der Waals surface area (Å²) < 4.78 is 32.2. The summed E-state index contributed by atoms with van der Waals surface area (Å²) in [5.41, 5.74) is 12.3. The number of nitrogens with two attached hydrogens (primary N) is 2. The molecule has 10 heteroatoms. The van der Waals surface area contributed by atoms with Gasteiger partial charge in [0, 0.05) is 5.02 Å². The van der Waals surface area contributed by atoms with Gasteiger partial charge in [-0.1, -0.05) is 23.7 Å². The Labute approximate surface area is 179 Å². The van der Waals surface area contributed by atoms with Gasteiger partial charge in [-0.2, -0.15) is 4.98 Å². The second kappa shape index (κ2) is 7.90. The molecule has 0 bridgehead atoms. The maximum absolute atomic E-state index is 13.6. The van der Waals surface area contributed by atoms with Crippen LogP contribution in [0, 0.1) is 0 Å². The Hall–Kier alpha value is -2.62. The van der Waals surface area contributed by atoms with E-state index in [1.165, 1.54) is 6.07 Å². The number of ether oxygens (including phenoxy) is 1. The summed E-state index contributed by atoms with van der Waals surface area (Å²) in [5, 5.41) is 4.10. The quantitative estimate of drug-likeness (QED) is 0.543. The van der Waals surface area contributed by atoms with Crippen molar-refractivity contribution in [2.75, 3.05) is 31.2 Å². The monoisotopic (exact) mass is 447 g/mol. The number of benzene rings is 2. The maximum Gasteiger partial charge on any atom is 0.222 e. The van der Waals surface area contributed by atoms with E-state index >= 15 is 0 Å². The van der Waals surface area contributed by atoms with E-state index in [0.717, 1.165) is 0 Å². The Morgan fingerprint density at radius 2 is 1.83 bits per heavy atom. The summed E-state index contributed by atoms with van der Waals surface area (Å²) in [6, 6.07) is 11.6. The predicted octanol–water partition coefficient (Wildman–Crippen LogP) is 2.42. The Balaban J connectivity index is 1.73. The first-order valence-electron chi connectivity index (χ1n) is 9.48. The van der Waals surface area contributed by atoms with Crippen molar-refractivity contribution < 1.29 is 13.2 Å². The van der Waals surface area contributed by atoms with Crippen molar-refractivity contribution in [3.63, 3.8) is 0 Å². The van der Waals surface area contributed by atoms with Crippen LogP contribution in [-0.2, 0) is 9.84 Å². The van der Waals surface area contributed by atoms with Crippen LogP contribution in [0.4, 0.5) is 11.8 Å². The lowest BCUT2D eigenvalue weighted by molar-refractivity contribution is 0.232. The number of fused-ring (bicyclic) bond motifs is 1. The van der Waals surface area contributed by atoms with Crippen molar-refractivity contribution in [3.05, 3.63) is 47.5 Å². The summed E-state index contributed by atoms with van der Waals surface area (Å²) in [4.78, 5) is 8.37. The fraction of sp³-hybridized carbons (Fsp3) is 0.300. The molecule has 5 N–H and O–H groups in total. The molecule has 30 heavy (non-hydrogen) atoms. The van der Waals surface area contributed by atoms with Crippen LogP contribution in [0.3, 0.4) is 0 Å². The molecule has 4 rings (SSSR count). The van der Waals surface area contributed by atoms with E-state index in [2.05, 4.69) is 15.3 Å². The largest absolute Gasteiger partial charge is 0.491 e. The molecule has 2 heterocycles. The minimum Gasteiger partial charge on any atom is -0.491 e. The number of piperidine rings is 1. The fourth-order valence-electron chi connectivity index (χ4n) is 3.78. The maximum atomic E-state index is 13.6. The lowest BCUT2D eigenvalue weighted by Crippen LogP contribution is -2.51. The standard InChI is InChI=1S/C20H22ClN5O3S/c21-13-3-1-4-14(11-13)30(27,28)20(7-9-24-10-8-20)12-29-16-6-2-5-15-17(16)18(22)26-19(23)25-15/h1-6,11,24H,7-10,12H2,(H4,22,23,25,26). The van der Waals surface area contributed by atoms with Gasteiger partial charge in [-0.3, -0.25) is 0 Å². The number of nitrogen functional groups attached to an aromatic ring is 2. The van der Waals surface area contributed by atoms with Gasteiger partial charge in [-0.05, 0) is 56.3 Å². The summed E-state index contributed by atoms with van der Waals surface area (Å²) in [7, 11) is -3.72. The number of aromatic nitrogens is 2. The molecule has 0 aliphatic carbocycles. The molecule has 1 aliphatic rings. The molecule has 0 saturated carbocycles. The zero-order valence-corrected chi connectivity index (χ0v) is 17.7. The fourth-order valence-corrected chi connectivity index (χ4v) is 6.04. The van der Waals surface area contributed by atoms with Crippen LogP contribution in [0.1, 0.15) is 12.8 Å². The van der Waals surface area contributed by atoms with Crippen LogP contribution in [0.15, 0.2) is 47.4 Å². The van der Waals surface area contributed by atoms with E-state index in [0.29, 0.717) is 47.6 Å². The number of anilines is 2. The average Bonchev–Trinajstić information content (AvgIpc) is 2.72. The lowest BCUT2D eigenvalue weighted by atomic mass is 9.98. The molecule has 8 nitrogen and oxygen atoms in total. The zero-order valence-electron chi connectivity index (χ0n) is 16.1. The molecule has 0 radical (unpaired) electrons. The van der Waals surface area contributed by atoms with Crippen LogP contribution in [0.2, 0.25) is 5.02 Å². The van der Waals surface area contributed by atoms with E-state index in [-0.39, 0.29) is 23.3 Å². The highest BCUT2D eigenvalue weighted by atomic mass is 35.5. The molecular formula is C20H22ClN5O3S. The molecular weight excluding hydrogens is 426 g/mol. The molecule has 0 spiro atoms. The normalized spacial score (nSPS) is 16.4. The van der Waals surface area contributed by atoms with Gasteiger partial charge in [0.05, 0.1) is 15.8 Å². The van der Waals surface area contributed by atoms with Crippen molar-refractivity contribution >= 4 is 44.1 Å². The Morgan fingerprint density at radius 1 is 1.10 bits per heavy atom. The summed E-state index contributed by atoms with van der Waals surface area (Å²) in [6.45, 7) is 1.10. The van der Waals surface area contributed by atoms with Gasteiger partial charge in [-0.25, -0.2) is 13.4 Å². The first kappa shape index (κ1) is 20.6. The Kier molecular flexibility index (Phi) is 5.44. The highest BCUT2D eigenvalue weighted by Gasteiger charge is 2.46. The van der Waals surface area contributed by atoms with E-state index in [1.54, 1.807) is 36.4 Å². The molecule has 2 aromatic carbocycles. The third-order valence-electron chi connectivity index (χ3n) is 5.41. The van der Waals surface area contributed by atoms with Crippen LogP contribution in [0.25, 0.3) is 10.9 Å². The first-order valence-corrected chi connectivity index (χ1v) is 11.3. The molecule has 158 valence electrons. The number of sulfone groups is 1. The van der Waals surface area contributed by atoms with Crippen LogP contribution < -0.4 is 21.5 Å². The lowest BCUT2D eigenvalue weighted by Gasteiger charge is -2.36. The number of nitrogens with one attached hydrogen (secondary N) is 1. The number of nitrogens with zero attached hydrogens (tertiary/aromatic N) is 2. The third kappa shape index (κ3) is 3.64. The number of halogens is 1. The van der Waals surface area contributed by atoms with Gasteiger partial charge in [0.1, 0.15) is 22.9 Å². The van der Waals surface area contributed by atoms with E-state index in [1.807, 2.05) is 0 Å². The van der Waals surface area contributed by atoms with Gasteiger partial charge >= 0.3 is 0 Å². The van der Waals surface area contributed by atoms with Gasteiger partial charge in [0.2, 0.25) is 5.95 Å². The third-order valence-corrected chi connectivity index (χ3v) is 8.19. The highest BCUT2D eigenvalue weighted by molar-refractivity contribution is 7.92. The molecule has 1 saturated heterocycles. The minimum atomic E-state index is -3.72. The molecule has 0 atom stereocenters. The van der Waals surface area contributed by atoms with Gasteiger partial charge in [0.15, 0.2) is 9.84 Å². The second-order valence-electron chi connectivity index (χ2n) is 7.30. The van der Waals surface area contributed by atoms with Crippen molar-refractivity contribution in [2.24, 2.45) is 0 Å². The summed E-state index contributed by atoms with van der Waals surface area (Å²) in [6.07, 6.45) is 0.817. The topological polar surface area (TPSA) is 133 Å². The van der Waals surface area contributed by atoms with Crippen LogP contribution in [-0.4, -0.2) is 42.8 Å². The molecule has 0 amide bonds. The van der Waals surface area contributed by atoms with Gasteiger partial charge < -0.3 is 21.5 Å². The molecule has 3 aromatic rings. The molecule has 1 aromatic heterocycles. The van der Waals surface area contributed by atoms with Crippen molar-refractivity contribution in [3.8, 4) is 5.75 Å². The molecule has 1 aliphatic heterocycles. The van der Waals surface area contributed by atoms with Crippen LogP contribution in [0.5, 0.6) is 5.75 Å². The number of rotatable bonds is 5. The second-order valence-corrected chi connectivity index (χ2v) is 10.1. The zero-order chi connectivity index (χ0) is 21.4. The first-order chi connectivity index (χ1) is 14.3. The highest BCUT2D eigenvalue weighted by Crippen LogP contribution is 2.37. The smallest absolute Gasteiger partial charge is 0.222 e. The Bertz CT molecular complexity index is 1200. The van der Waals surface area contributed by atoms with E-state index in [9.17, 15) is 8.42 Å². The average molecular weight is 448 g/mol. The number of hydrogen-bond acceptors (Lipinski definition) is 8. The van der Waals surface area contributed by atoms with Crippen molar-refractivity contribution in [2.45, 2.75) is 22.5 Å². The van der Waals surface area contributed by atoms with Crippen molar-refractivity contribution in [1.82, 2.24) is 15.3 Å². The summed E-state index contributed by atoms with van der Waals surface area (Å²) >= 11 is 6.06. The Morgan fingerprint density at radius 3 is 2.57 bits per heavy atom. The minimum absolute atomic E-state index is 0.0353. The SMILES string of the molecule is Nc1nc(N)c2c(OCC3(S(=O)(=O)c4cccc(Cl)c4)CCNCC3)cccc2n1. The van der Waals surface area contributed by atoms with Crippen molar-refractivity contribution in [1.29, 1.82) is 0 Å². The van der Waals surface area contributed by atoms with E-state index in [4.69, 9.17) is 27.8 Å². The van der Waals surface area contributed by atoms with E-state index < -0.39 is 14.6 Å². The van der Waals surface area contributed by atoms with Crippen LogP contribution >= 0.6 is 11.6 Å². The molecule has 0 unspecified atom stereocenters. The van der Waals surface area contributed by atoms with Gasteiger partial charge in [-0.15, -0.1) is 0 Å². The molecule has 1 fully saturated rings. The predicted molar refractivity (Wildman–Crippen MR) is 117 cm³/mol. The van der Waals surface area contributed by atoms with Gasteiger partial charge in [0.25, 0.3) is 0 Å².